The molecule has 10 nitrogen and oxygen atoms in total. The van der Waals surface area contributed by atoms with Gasteiger partial charge in [0.15, 0.2) is 5.65 Å². The molecule has 4 aromatic rings. The zero-order valence-corrected chi connectivity index (χ0v) is 23.9. The Hall–Kier alpha value is -3.76. The Kier molecular flexibility index (Phi) is 5.76. The van der Waals surface area contributed by atoms with Crippen LogP contribution in [0.25, 0.3) is 27.9 Å². The number of hydrogen-bond donors (Lipinski definition) is 1. The smallest absolute Gasteiger partial charge is 0.240 e. The van der Waals surface area contributed by atoms with Crippen molar-refractivity contribution in [2.24, 2.45) is 5.41 Å². The number of ether oxygens (including phenoxy) is 1. The number of carbonyl (C=O) groups excluding carboxylic acids is 1. The number of aromatic nitrogens is 5. The summed E-state index contributed by atoms with van der Waals surface area (Å²) in [6, 6.07) is 4.19. The van der Waals surface area contributed by atoms with Crippen LogP contribution in [0.2, 0.25) is 0 Å². The predicted octanol–water partition coefficient (Wildman–Crippen LogP) is 3.85. The van der Waals surface area contributed by atoms with E-state index in [2.05, 4.69) is 77.8 Å². The van der Waals surface area contributed by atoms with Crippen molar-refractivity contribution in [3.8, 4) is 11.3 Å². The molecule has 3 aliphatic rings. The Balaban J connectivity index is 1.17. The highest BCUT2D eigenvalue weighted by molar-refractivity contribution is 5.90. The van der Waals surface area contributed by atoms with Gasteiger partial charge >= 0.3 is 0 Å². The largest absolute Gasteiger partial charge is 0.380 e. The summed E-state index contributed by atoms with van der Waals surface area (Å²) < 4.78 is 7.21. The standard InChI is InChI=1S/C30H36N8O2/c1-18(2)26-27(22-11-38-29(31-17-32-38)21(5)20(22)4)33-23-6-7-24(34-28(23)26)37-9-8-36(10-19(37)3)25(39)12-35-13-30(14-35)15-40-16-30/h6-7,10-11,17-18,33H,8-9,12-16H2,1-5H3. The van der Waals surface area contributed by atoms with Gasteiger partial charge in [0.1, 0.15) is 12.1 Å². The van der Waals surface area contributed by atoms with E-state index in [9.17, 15) is 4.79 Å². The van der Waals surface area contributed by atoms with Crippen molar-refractivity contribution in [1.29, 1.82) is 0 Å². The fourth-order valence-corrected chi connectivity index (χ4v) is 6.56. The normalized spacial score (nSPS) is 19.0. The molecule has 0 saturated carbocycles. The van der Waals surface area contributed by atoms with Crippen LogP contribution in [-0.4, -0.2) is 86.2 Å². The molecule has 4 aromatic heterocycles. The van der Waals surface area contributed by atoms with Crippen LogP contribution in [0, 0.1) is 19.3 Å². The molecular formula is C30H36N8O2. The Morgan fingerprint density at radius 1 is 1.12 bits per heavy atom. The molecule has 0 bridgehead atoms. The maximum Gasteiger partial charge on any atom is 0.240 e. The lowest BCUT2D eigenvalue weighted by atomic mass is 9.78. The van der Waals surface area contributed by atoms with E-state index < -0.39 is 0 Å². The summed E-state index contributed by atoms with van der Waals surface area (Å²) in [5.74, 6) is 1.32. The average molecular weight is 541 g/mol. The summed E-state index contributed by atoms with van der Waals surface area (Å²) >= 11 is 0. The number of anilines is 1. The SMILES string of the molecule is CC1=CN(C(=O)CN2CC3(COC3)C2)CCN1c1ccc2[nH]c(-c3cn4ncnc4c(C)c3C)c(C(C)C)c2n1. The molecule has 40 heavy (non-hydrogen) atoms. The van der Waals surface area contributed by atoms with Crippen LogP contribution in [0.15, 0.2) is 36.6 Å². The first-order chi connectivity index (χ1) is 19.2. The molecule has 0 aromatic carbocycles. The highest BCUT2D eigenvalue weighted by Crippen LogP contribution is 2.39. The number of aromatic amines is 1. The number of carbonyl (C=O) groups is 1. The molecule has 10 heteroatoms. The Morgan fingerprint density at radius 2 is 1.93 bits per heavy atom. The minimum atomic E-state index is 0.157. The number of aryl methyl sites for hydroxylation is 1. The van der Waals surface area contributed by atoms with Crippen molar-refractivity contribution >= 4 is 28.4 Å². The minimum absolute atomic E-state index is 0.157. The van der Waals surface area contributed by atoms with E-state index >= 15 is 0 Å². The second-order valence-electron chi connectivity index (χ2n) is 12.1. The van der Waals surface area contributed by atoms with Crippen molar-refractivity contribution < 1.29 is 9.53 Å². The van der Waals surface area contributed by atoms with Gasteiger partial charge in [-0.05, 0) is 49.9 Å². The second-order valence-corrected chi connectivity index (χ2v) is 12.1. The van der Waals surface area contributed by atoms with Crippen LogP contribution in [0.3, 0.4) is 0 Å². The summed E-state index contributed by atoms with van der Waals surface area (Å²) in [5.41, 5.74) is 9.90. The lowest BCUT2D eigenvalue weighted by Gasteiger charge is -2.55. The first-order valence-corrected chi connectivity index (χ1v) is 14.1. The lowest BCUT2D eigenvalue weighted by Crippen LogP contribution is -2.67. The van der Waals surface area contributed by atoms with Gasteiger partial charge in [-0.1, -0.05) is 13.8 Å². The third-order valence-corrected chi connectivity index (χ3v) is 8.86. The highest BCUT2D eigenvalue weighted by Gasteiger charge is 2.49. The number of nitrogens with one attached hydrogen (secondary N) is 1. The molecule has 1 amide bonds. The third kappa shape index (κ3) is 3.92. The van der Waals surface area contributed by atoms with E-state index in [4.69, 9.17) is 9.72 Å². The van der Waals surface area contributed by atoms with E-state index in [0.717, 1.165) is 71.3 Å². The molecule has 1 spiro atoms. The van der Waals surface area contributed by atoms with Crippen LogP contribution in [0.5, 0.6) is 0 Å². The van der Waals surface area contributed by atoms with Gasteiger partial charge in [0, 0.05) is 60.8 Å². The summed E-state index contributed by atoms with van der Waals surface area (Å²) in [6.07, 6.45) is 5.64. The van der Waals surface area contributed by atoms with Gasteiger partial charge in [-0.2, -0.15) is 5.10 Å². The average Bonchev–Trinajstić information content (AvgIpc) is 3.51. The van der Waals surface area contributed by atoms with Gasteiger partial charge in [-0.15, -0.1) is 0 Å². The quantitative estimate of drug-likeness (QED) is 0.411. The van der Waals surface area contributed by atoms with Crippen LogP contribution in [-0.2, 0) is 9.53 Å². The number of likely N-dealkylation sites (tertiary alicyclic amines) is 1. The maximum atomic E-state index is 13.0. The molecule has 7 heterocycles. The summed E-state index contributed by atoms with van der Waals surface area (Å²) in [7, 11) is 0. The van der Waals surface area contributed by atoms with E-state index in [0.29, 0.717) is 25.0 Å². The topological polar surface area (TPSA) is 94.9 Å². The Morgan fingerprint density at radius 3 is 2.62 bits per heavy atom. The minimum Gasteiger partial charge on any atom is -0.380 e. The molecule has 2 saturated heterocycles. The Labute approximate surface area is 233 Å². The molecule has 0 atom stereocenters. The number of fused-ring (bicyclic) bond motifs is 2. The fraction of sp³-hybridized carbons (Fsp3) is 0.467. The predicted molar refractivity (Wildman–Crippen MR) is 154 cm³/mol. The number of amides is 1. The van der Waals surface area contributed by atoms with Gasteiger partial charge in [0.25, 0.3) is 0 Å². The Bertz CT molecular complexity index is 1670. The zero-order chi connectivity index (χ0) is 27.8. The molecule has 1 N–H and O–H groups in total. The van der Waals surface area contributed by atoms with Crippen LogP contribution in [0.1, 0.15) is 43.4 Å². The molecule has 0 radical (unpaired) electrons. The molecule has 208 valence electrons. The summed E-state index contributed by atoms with van der Waals surface area (Å²) in [6.45, 7) is 16.2. The van der Waals surface area contributed by atoms with E-state index in [1.165, 1.54) is 11.1 Å². The van der Waals surface area contributed by atoms with Gasteiger partial charge in [0.2, 0.25) is 5.91 Å². The van der Waals surface area contributed by atoms with Crippen molar-refractivity contribution in [2.45, 2.75) is 40.5 Å². The summed E-state index contributed by atoms with van der Waals surface area (Å²) in [4.78, 5) is 32.6. The fourth-order valence-electron chi connectivity index (χ4n) is 6.56. The molecule has 2 fully saturated rings. The monoisotopic (exact) mass is 540 g/mol. The molecule has 0 unspecified atom stereocenters. The van der Waals surface area contributed by atoms with Crippen LogP contribution in [0.4, 0.5) is 5.82 Å². The number of rotatable bonds is 5. The number of nitrogens with zero attached hydrogens (tertiary/aromatic N) is 7. The number of allylic oxidation sites excluding steroid dienone is 1. The number of pyridine rings is 2. The van der Waals surface area contributed by atoms with Gasteiger partial charge in [-0.3, -0.25) is 9.69 Å². The van der Waals surface area contributed by atoms with Crippen molar-refractivity contribution in [2.75, 3.05) is 50.8 Å². The molecule has 0 aliphatic carbocycles. The second kappa shape index (κ2) is 9.14. The van der Waals surface area contributed by atoms with Crippen LogP contribution >= 0.6 is 0 Å². The first kappa shape index (κ1) is 25.2. The van der Waals surface area contributed by atoms with Crippen LogP contribution < -0.4 is 4.90 Å². The molecule has 3 aliphatic heterocycles. The van der Waals surface area contributed by atoms with E-state index in [-0.39, 0.29) is 11.8 Å². The number of H-pyrrole nitrogens is 1. The van der Waals surface area contributed by atoms with Crippen molar-refractivity contribution in [3.05, 3.63) is 53.2 Å². The summed E-state index contributed by atoms with van der Waals surface area (Å²) in [5, 5.41) is 4.40. The molecule has 7 rings (SSSR count). The van der Waals surface area contributed by atoms with Crippen molar-refractivity contribution in [3.63, 3.8) is 0 Å². The lowest BCUT2D eigenvalue weighted by molar-refractivity contribution is -0.190. The zero-order valence-electron chi connectivity index (χ0n) is 23.9. The third-order valence-electron chi connectivity index (χ3n) is 8.86. The van der Waals surface area contributed by atoms with Gasteiger partial charge < -0.3 is 19.5 Å². The maximum absolute atomic E-state index is 13.0. The van der Waals surface area contributed by atoms with Gasteiger partial charge in [-0.25, -0.2) is 14.5 Å². The van der Waals surface area contributed by atoms with E-state index in [1.807, 2.05) is 15.6 Å². The van der Waals surface area contributed by atoms with Crippen molar-refractivity contribution in [1.82, 2.24) is 34.4 Å². The number of hydrogen-bond acceptors (Lipinski definition) is 7. The molecular weight excluding hydrogens is 504 g/mol. The van der Waals surface area contributed by atoms with Gasteiger partial charge in [0.05, 0.1) is 36.5 Å². The highest BCUT2D eigenvalue weighted by atomic mass is 16.5. The van der Waals surface area contributed by atoms with E-state index in [1.54, 1.807) is 6.33 Å². The first-order valence-electron chi connectivity index (χ1n) is 14.1.